The first-order valence-electron chi connectivity index (χ1n) is 7.07. The molecule has 0 saturated carbocycles. The van der Waals surface area contributed by atoms with E-state index in [9.17, 15) is 9.59 Å². The molecule has 0 aromatic heterocycles. The highest BCUT2D eigenvalue weighted by atomic mass is 16.5. The molecule has 0 spiro atoms. The second-order valence-electron chi connectivity index (χ2n) is 4.63. The second-order valence-corrected chi connectivity index (χ2v) is 4.63. The number of hydrogen-bond acceptors (Lipinski definition) is 4. The van der Waals surface area contributed by atoms with Crippen molar-refractivity contribution in [3.05, 3.63) is 0 Å². The molecule has 19 heavy (non-hydrogen) atoms. The lowest BCUT2D eigenvalue weighted by Gasteiger charge is -2.17. The highest BCUT2D eigenvalue weighted by Gasteiger charge is 2.18. The molecule has 2 amide bonds. The van der Waals surface area contributed by atoms with Gasteiger partial charge in [-0.25, -0.2) is 0 Å². The Morgan fingerprint density at radius 2 is 1.89 bits per heavy atom. The van der Waals surface area contributed by atoms with Gasteiger partial charge in [-0.1, -0.05) is 13.8 Å². The molecule has 1 unspecified atom stereocenters. The molecule has 1 fully saturated rings. The summed E-state index contributed by atoms with van der Waals surface area (Å²) in [5.41, 5.74) is 0. The number of ether oxygens (including phenoxy) is 1. The molecule has 6 heteroatoms. The Bertz CT molecular complexity index is 287. The molecule has 0 aliphatic carbocycles. The molecule has 1 heterocycles. The number of nitrogens with zero attached hydrogens (tertiary/aromatic N) is 1. The van der Waals surface area contributed by atoms with E-state index < -0.39 is 11.8 Å². The zero-order valence-electron chi connectivity index (χ0n) is 11.9. The van der Waals surface area contributed by atoms with E-state index in [1.54, 1.807) is 0 Å². The third-order valence-electron chi connectivity index (χ3n) is 3.33. The maximum Gasteiger partial charge on any atom is 0.309 e. The van der Waals surface area contributed by atoms with E-state index >= 15 is 0 Å². The molecule has 0 bridgehead atoms. The van der Waals surface area contributed by atoms with Crippen LogP contribution in [-0.4, -0.2) is 62.1 Å². The van der Waals surface area contributed by atoms with E-state index in [1.165, 1.54) is 0 Å². The Morgan fingerprint density at radius 3 is 2.47 bits per heavy atom. The smallest absolute Gasteiger partial charge is 0.309 e. The normalized spacial score (nSPS) is 18.6. The molecule has 1 aliphatic heterocycles. The van der Waals surface area contributed by atoms with Crippen molar-refractivity contribution in [3.8, 4) is 0 Å². The molecule has 1 atom stereocenters. The van der Waals surface area contributed by atoms with Crippen LogP contribution in [0.25, 0.3) is 0 Å². The summed E-state index contributed by atoms with van der Waals surface area (Å²) in [5, 5.41) is 5.22. The van der Waals surface area contributed by atoms with Crippen molar-refractivity contribution in [2.75, 3.05) is 39.3 Å². The van der Waals surface area contributed by atoms with Crippen molar-refractivity contribution < 1.29 is 14.3 Å². The molecular weight excluding hydrogens is 246 g/mol. The maximum absolute atomic E-state index is 11.5. The zero-order valence-corrected chi connectivity index (χ0v) is 11.9. The van der Waals surface area contributed by atoms with Crippen molar-refractivity contribution in [1.29, 1.82) is 0 Å². The van der Waals surface area contributed by atoms with Gasteiger partial charge in [0.1, 0.15) is 0 Å². The largest absolute Gasteiger partial charge is 0.376 e. The molecule has 110 valence electrons. The zero-order chi connectivity index (χ0) is 14.1. The quantitative estimate of drug-likeness (QED) is 0.626. The number of rotatable bonds is 7. The van der Waals surface area contributed by atoms with Gasteiger partial charge >= 0.3 is 11.8 Å². The number of nitrogens with one attached hydrogen (secondary N) is 2. The minimum Gasteiger partial charge on any atom is -0.376 e. The molecule has 0 aromatic carbocycles. The minimum atomic E-state index is -0.574. The van der Waals surface area contributed by atoms with Gasteiger partial charge < -0.3 is 20.3 Å². The van der Waals surface area contributed by atoms with Crippen LogP contribution >= 0.6 is 0 Å². The van der Waals surface area contributed by atoms with E-state index in [0.717, 1.165) is 39.1 Å². The summed E-state index contributed by atoms with van der Waals surface area (Å²) >= 11 is 0. The minimum absolute atomic E-state index is 0.0624. The van der Waals surface area contributed by atoms with Crippen molar-refractivity contribution in [3.63, 3.8) is 0 Å². The SMILES string of the molecule is CCN(CC)CCNC(=O)C(=O)NCC1CCCO1. The van der Waals surface area contributed by atoms with Crippen molar-refractivity contribution in [2.45, 2.75) is 32.8 Å². The first kappa shape index (κ1) is 15.9. The standard InChI is InChI=1S/C13H25N3O3/c1-3-16(4-2)8-7-14-12(17)13(18)15-10-11-6-5-9-19-11/h11H,3-10H2,1-2H3,(H,14,17)(H,15,18). The third-order valence-corrected chi connectivity index (χ3v) is 3.33. The summed E-state index contributed by atoms with van der Waals surface area (Å²) in [6.45, 7) is 8.44. The summed E-state index contributed by atoms with van der Waals surface area (Å²) in [6.07, 6.45) is 2.04. The number of hydrogen-bond donors (Lipinski definition) is 2. The number of amides is 2. The highest BCUT2D eigenvalue weighted by molar-refractivity contribution is 6.35. The Balaban J connectivity index is 2.12. The molecule has 0 aromatic rings. The lowest BCUT2D eigenvalue weighted by Crippen LogP contribution is -2.44. The second kappa shape index (κ2) is 8.87. The van der Waals surface area contributed by atoms with Crippen LogP contribution < -0.4 is 10.6 Å². The molecule has 0 radical (unpaired) electrons. The van der Waals surface area contributed by atoms with E-state index in [-0.39, 0.29) is 6.10 Å². The molecule has 1 aliphatic rings. The van der Waals surface area contributed by atoms with Gasteiger partial charge in [-0.2, -0.15) is 0 Å². The van der Waals surface area contributed by atoms with E-state index in [0.29, 0.717) is 13.1 Å². The van der Waals surface area contributed by atoms with Crippen LogP contribution in [0.4, 0.5) is 0 Å². The third kappa shape index (κ3) is 6.02. The number of likely N-dealkylation sites (N-methyl/N-ethyl adjacent to an activating group) is 1. The molecular formula is C13H25N3O3. The summed E-state index contributed by atoms with van der Waals surface area (Å²) in [6, 6.07) is 0. The van der Waals surface area contributed by atoms with Gasteiger partial charge in [-0.3, -0.25) is 9.59 Å². The van der Waals surface area contributed by atoms with Crippen LogP contribution in [0.5, 0.6) is 0 Å². The Morgan fingerprint density at radius 1 is 1.21 bits per heavy atom. The fourth-order valence-electron chi connectivity index (χ4n) is 2.04. The van der Waals surface area contributed by atoms with Gasteiger partial charge in [-0.05, 0) is 25.9 Å². The van der Waals surface area contributed by atoms with Crippen LogP contribution in [0, 0.1) is 0 Å². The van der Waals surface area contributed by atoms with E-state index in [2.05, 4.69) is 29.4 Å². The monoisotopic (exact) mass is 271 g/mol. The average Bonchev–Trinajstić information content (AvgIpc) is 2.94. The summed E-state index contributed by atoms with van der Waals surface area (Å²) < 4.78 is 5.37. The van der Waals surface area contributed by atoms with E-state index in [4.69, 9.17) is 4.74 Å². The van der Waals surface area contributed by atoms with Crippen LogP contribution in [0.3, 0.4) is 0 Å². The Labute approximate surface area is 114 Å². The summed E-state index contributed by atoms with van der Waals surface area (Å²) in [5.74, 6) is -1.14. The average molecular weight is 271 g/mol. The van der Waals surface area contributed by atoms with Gasteiger partial charge in [0.25, 0.3) is 0 Å². The fraction of sp³-hybridized carbons (Fsp3) is 0.846. The number of carbonyl (C=O) groups excluding carboxylic acids is 2. The van der Waals surface area contributed by atoms with Gasteiger partial charge in [0.2, 0.25) is 0 Å². The molecule has 1 rings (SSSR count). The molecule has 6 nitrogen and oxygen atoms in total. The topological polar surface area (TPSA) is 70.7 Å². The van der Waals surface area contributed by atoms with Gasteiger partial charge in [0, 0.05) is 26.2 Å². The van der Waals surface area contributed by atoms with Crippen LogP contribution in [0.15, 0.2) is 0 Å². The lowest BCUT2D eigenvalue weighted by atomic mass is 10.2. The summed E-state index contributed by atoms with van der Waals surface area (Å²) in [4.78, 5) is 25.2. The van der Waals surface area contributed by atoms with Crippen LogP contribution in [0.1, 0.15) is 26.7 Å². The van der Waals surface area contributed by atoms with Gasteiger partial charge in [0.05, 0.1) is 6.10 Å². The Kier molecular flexibility index (Phi) is 7.43. The van der Waals surface area contributed by atoms with Crippen molar-refractivity contribution >= 4 is 11.8 Å². The highest BCUT2D eigenvalue weighted by Crippen LogP contribution is 2.10. The first-order valence-corrected chi connectivity index (χ1v) is 7.07. The van der Waals surface area contributed by atoms with Crippen LogP contribution in [-0.2, 0) is 14.3 Å². The van der Waals surface area contributed by atoms with E-state index in [1.807, 2.05) is 0 Å². The van der Waals surface area contributed by atoms with Gasteiger partial charge in [0.15, 0.2) is 0 Å². The van der Waals surface area contributed by atoms with Gasteiger partial charge in [-0.15, -0.1) is 0 Å². The first-order chi connectivity index (χ1) is 9.17. The molecule has 2 N–H and O–H groups in total. The summed E-state index contributed by atoms with van der Waals surface area (Å²) in [7, 11) is 0. The van der Waals surface area contributed by atoms with Crippen molar-refractivity contribution in [1.82, 2.24) is 15.5 Å². The van der Waals surface area contributed by atoms with Crippen molar-refractivity contribution in [2.24, 2.45) is 0 Å². The predicted molar refractivity (Wildman–Crippen MR) is 72.8 cm³/mol. The predicted octanol–water partition coefficient (Wildman–Crippen LogP) is -0.260. The van der Waals surface area contributed by atoms with Crippen LogP contribution in [0.2, 0.25) is 0 Å². The number of carbonyl (C=O) groups is 2. The maximum atomic E-state index is 11.5. The fourth-order valence-corrected chi connectivity index (χ4v) is 2.04. The molecule has 1 saturated heterocycles. The Hall–Kier alpha value is -1.14. The lowest BCUT2D eigenvalue weighted by molar-refractivity contribution is -0.139.